The van der Waals surface area contributed by atoms with Crippen molar-refractivity contribution < 1.29 is 0 Å². The molecular weight excluding hydrogens is 695 g/mol. The fourth-order valence-electron chi connectivity index (χ4n) is 9.85. The highest BCUT2D eigenvalue weighted by atomic mass is 15.0. The summed E-state index contributed by atoms with van der Waals surface area (Å²) in [7, 11) is 0. The first kappa shape index (κ1) is 31.9. The molecular formula is C52H35N5. The van der Waals surface area contributed by atoms with Gasteiger partial charge in [-0.25, -0.2) is 0 Å². The van der Waals surface area contributed by atoms with Crippen LogP contribution in [0.2, 0.25) is 0 Å². The largest absolute Gasteiger partial charge is 0.309 e. The van der Waals surface area contributed by atoms with E-state index in [0.717, 1.165) is 46.5 Å². The van der Waals surface area contributed by atoms with Gasteiger partial charge in [-0.2, -0.15) is 0 Å². The second-order valence-corrected chi connectivity index (χ2v) is 15.1. The highest BCUT2D eigenvalue weighted by Gasteiger charge is 2.49. The molecule has 0 radical (unpaired) electrons. The van der Waals surface area contributed by atoms with Crippen molar-refractivity contribution in [1.82, 2.24) is 24.1 Å². The maximum Gasteiger partial charge on any atom is 0.105 e. The van der Waals surface area contributed by atoms with E-state index in [1.807, 2.05) is 36.9 Å². The van der Waals surface area contributed by atoms with E-state index < -0.39 is 5.41 Å². The van der Waals surface area contributed by atoms with Gasteiger partial charge in [-0.15, -0.1) is 0 Å². The minimum Gasteiger partial charge on any atom is -0.309 e. The van der Waals surface area contributed by atoms with E-state index in [-0.39, 0.29) is 0 Å². The first-order valence-corrected chi connectivity index (χ1v) is 19.6. The zero-order valence-corrected chi connectivity index (χ0v) is 31.0. The summed E-state index contributed by atoms with van der Waals surface area (Å²) in [4.78, 5) is 14.5. The van der Waals surface area contributed by atoms with Crippen molar-refractivity contribution in [2.75, 3.05) is 0 Å². The lowest BCUT2D eigenvalue weighted by Gasteiger charge is -2.33. The minimum absolute atomic E-state index is 0.614. The van der Waals surface area contributed by atoms with Gasteiger partial charge in [-0.05, 0) is 125 Å². The van der Waals surface area contributed by atoms with E-state index >= 15 is 0 Å². The molecule has 0 unspecified atom stereocenters. The van der Waals surface area contributed by atoms with Crippen LogP contribution in [0.5, 0.6) is 0 Å². The van der Waals surface area contributed by atoms with Gasteiger partial charge in [0.2, 0.25) is 0 Å². The Bertz CT molecular complexity index is 3170. The Balaban J connectivity index is 0.996. The standard InChI is InChI=1S/C52H35N5/c1-4-14-44-38(11-1)41-32-49-42(31-45(41)52(44,50-17-7-9-28-54-50)51-18-8-10-29-55-51)39-12-2-5-15-46(39)57(49)37-25-21-35(22-26-37)34-19-23-36(24-20-34)56-47-16-6-3-13-40(47)43-33-53-30-27-48(43)56/h2-10,12-33H,1,11H2. The number of fused-ring (bicyclic) bond motifs is 8. The summed E-state index contributed by atoms with van der Waals surface area (Å²) in [6, 6.07) is 54.9. The zero-order valence-electron chi connectivity index (χ0n) is 31.0. The number of nitrogens with zero attached hydrogens (tertiary/aromatic N) is 5. The van der Waals surface area contributed by atoms with Crippen molar-refractivity contribution in [3.63, 3.8) is 0 Å². The van der Waals surface area contributed by atoms with Crippen LogP contribution in [0, 0.1) is 0 Å². The van der Waals surface area contributed by atoms with Crippen LogP contribution in [0.15, 0.2) is 194 Å². The highest BCUT2D eigenvalue weighted by Crippen LogP contribution is 2.57. The Hall–Kier alpha value is -7.37. The third kappa shape index (κ3) is 4.54. The summed E-state index contributed by atoms with van der Waals surface area (Å²) in [6.45, 7) is 0. The molecule has 2 aliphatic rings. The molecule has 12 rings (SSSR count). The molecule has 5 nitrogen and oxygen atoms in total. The summed E-state index contributed by atoms with van der Waals surface area (Å²) in [6.07, 6.45) is 14.3. The molecule has 0 aliphatic heterocycles. The molecule has 57 heavy (non-hydrogen) atoms. The number of benzene rings is 5. The fraction of sp³-hybridized carbons (Fsp3) is 0.0577. The summed E-state index contributed by atoms with van der Waals surface area (Å²) in [5, 5.41) is 4.83. The smallest absolute Gasteiger partial charge is 0.105 e. The van der Waals surface area contributed by atoms with E-state index in [1.165, 1.54) is 66.1 Å². The van der Waals surface area contributed by atoms with Crippen LogP contribution >= 0.6 is 0 Å². The van der Waals surface area contributed by atoms with Crippen molar-refractivity contribution in [3.8, 4) is 22.5 Å². The van der Waals surface area contributed by atoms with E-state index in [1.54, 1.807) is 0 Å². The van der Waals surface area contributed by atoms with Crippen LogP contribution in [0.3, 0.4) is 0 Å². The average Bonchev–Trinajstić information content (AvgIpc) is 3.90. The molecule has 0 spiro atoms. The van der Waals surface area contributed by atoms with Gasteiger partial charge in [-0.1, -0.05) is 84.9 Å². The Morgan fingerprint density at radius 2 is 1.07 bits per heavy atom. The van der Waals surface area contributed by atoms with E-state index in [9.17, 15) is 0 Å². The lowest BCUT2D eigenvalue weighted by Crippen LogP contribution is -2.31. The first-order valence-electron chi connectivity index (χ1n) is 19.6. The van der Waals surface area contributed by atoms with Crippen LogP contribution in [-0.2, 0) is 5.41 Å². The average molecular weight is 730 g/mol. The molecule has 5 heterocycles. The topological polar surface area (TPSA) is 48.5 Å². The molecule has 0 amide bonds. The zero-order chi connectivity index (χ0) is 37.5. The molecule has 10 aromatic rings. The number of allylic oxidation sites excluding steroid dienone is 4. The van der Waals surface area contributed by atoms with E-state index in [4.69, 9.17) is 9.97 Å². The van der Waals surface area contributed by atoms with Gasteiger partial charge in [-0.3, -0.25) is 15.0 Å². The molecule has 0 fully saturated rings. The number of pyridine rings is 3. The summed E-state index contributed by atoms with van der Waals surface area (Å²) < 4.78 is 4.77. The molecule has 0 bridgehead atoms. The number of para-hydroxylation sites is 2. The van der Waals surface area contributed by atoms with Crippen LogP contribution in [-0.4, -0.2) is 24.1 Å². The van der Waals surface area contributed by atoms with Gasteiger partial charge in [0.15, 0.2) is 0 Å². The summed E-state index contributed by atoms with van der Waals surface area (Å²) >= 11 is 0. The van der Waals surface area contributed by atoms with Gasteiger partial charge >= 0.3 is 0 Å². The lowest BCUT2D eigenvalue weighted by atomic mass is 9.70. The van der Waals surface area contributed by atoms with Crippen LogP contribution in [0.1, 0.15) is 35.4 Å². The molecule has 5 heteroatoms. The van der Waals surface area contributed by atoms with Gasteiger partial charge in [0.05, 0.1) is 33.5 Å². The van der Waals surface area contributed by atoms with Crippen molar-refractivity contribution in [2.24, 2.45) is 0 Å². The Labute approximate surface area is 329 Å². The molecule has 2 aliphatic carbocycles. The molecule has 0 saturated heterocycles. The second-order valence-electron chi connectivity index (χ2n) is 15.1. The van der Waals surface area contributed by atoms with Gasteiger partial charge < -0.3 is 9.13 Å². The van der Waals surface area contributed by atoms with Crippen LogP contribution in [0.4, 0.5) is 0 Å². The van der Waals surface area contributed by atoms with Crippen molar-refractivity contribution >= 4 is 49.2 Å². The van der Waals surface area contributed by atoms with E-state index in [0.29, 0.717) is 0 Å². The fourth-order valence-corrected chi connectivity index (χ4v) is 9.85. The number of hydrogen-bond acceptors (Lipinski definition) is 3. The van der Waals surface area contributed by atoms with Crippen molar-refractivity contribution in [1.29, 1.82) is 0 Å². The van der Waals surface area contributed by atoms with Gasteiger partial charge in [0, 0.05) is 57.7 Å². The van der Waals surface area contributed by atoms with Crippen LogP contribution in [0.25, 0.3) is 71.7 Å². The predicted octanol–water partition coefficient (Wildman–Crippen LogP) is 12.2. The molecule has 0 saturated carbocycles. The molecule has 0 N–H and O–H groups in total. The third-order valence-electron chi connectivity index (χ3n) is 12.3. The maximum absolute atomic E-state index is 5.05. The Morgan fingerprint density at radius 3 is 1.70 bits per heavy atom. The number of hydrogen-bond donors (Lipinski definition) is 0. The molecule has 0 atom stereocenters. The van der Waals surface area contributed by atoms with E-state index in [2.05, 4.69) is 166 Å². The Kier molecular flexibility index (Phi) is 6.90. The maximum atomic E-state index is 5.05. The monoisotopic (exact) mass is 729 g/mol. The SMILES string of the molecule is C1=CC2=C(CC1)c1cc3c(cc1C2(c1ccccn1)c1ccccn1)c1ccccc1n3-c1ccc(-c2ccc(-n3c4ccccc4c4cnccc43)cc2)cc1. The minimum atomic E-state index is -0.614. The van der Waals surface area contributed by atoms with Gasteiger partial charge in [0.25, 0.3) is 0 Å². The lowest BCUT2D eigenvalue weighted by molar-refractivity contribution is 0.698. The molecule has 268 valence electrons. The normalized spacial score (nSPS) is 14.5. The first-order chi connectivity index (χ1) is 28.3. The molecule has 5 aromatic carbocycles. The number of aromatic nitrogens is 5. The third-order valence-corrected chi connectivity index (χ3v) is 12.3. The van der Waals surface area contributed by atoms with Crippen molar-refractivity contribution in [2.45, 2.75) is 18.3 Å². The molecule has 5 aromatic heterocycles. The van der Waals surface area contributed by atoms with Gasteiger partial charge in [0.1, 0.15) is 5.41 Å². The second kappa shape index (κ2) is 12.3. The quantitative estimate of drug-likeness (QED) is 0.177. The highest BCUT2D eigenvalue weighted by molar-refractivity contribution is 6.12. The number of rotatable bonds is 5. The summed E-state index contributed by atoms with van der Waals surface area (Å²) in [5.74, 6) is 0. The summed E-state index contributed by atoms with van der Waals surface area (Å²) in [5.41, 5.74) is 16.0. The van der Waals surface area contributed by atoms with Crippen LogP contribution < -0.4 is 0 Å². The van der Waals surface area contributed by atoms with Crippen molar-refractivity contribution in [3.05, 3.63) is 217 Å². The Morgan fingerprint density at radius 1 is 0.491 bits per heavy atom. The predicted molar refractivity (Wildman–Crippen MR) is 232 cm³/mol.